The Kier molecular flexibility index (Phi) is 5.03. The zero-order valence-corrected chi connectivity index (χ0v) is 8.51. The zero-order valence-electron chi connectivity index (χ0n) is 8.51. The Morgan fingerprint density at radius 1 is 1.73 bits per heavy atom. The van der Waals surface area contributed by atoms with Crippen molar-refractivity contribution in [2.24, 2.45) is 5.10 Å². The lowest BCUT2D eigenvalue weighted by Gasteiger charge is -1.98. The molecule has 0 saturated heterocycles. The van der Waals surface area contributed by atoms with Gasteiger partial charge in [0.1, 0.15) is 6.61 Å². The molecule has 0 fully saturated rings. The van der Waals surface area contributed by atoms with Crippen LogP contribution in [-0.4, -0.2) is 30.3 Å². The number of carbonyl (C=O) groups excluding carboxylic acids is 1. The number of nitrogens with one attached hydrogen (secondary N) is 1. The Morgan fingerprint density at radius 3 is 3.27 bits per heavy atom. The second kappa shape index (κ2) is 6.67. The topological polar surface area (TPSA) is 63.6 Å². The number of rotatable bonds is 5. The number of ether oxygens (including phenoxy) is 1. The van der Waals surface area contributed by atoms with E-state index in [-0.39, 0.29) is 12.5 Å². The number of hydrogen-bond donors (Lipinski definition) is 1. The van der Waals surface area contributed by atoms with Gasteiger partial charge < -0.3 is 4.74 Å². The van der Waals surface area contributed by atoms with Gasteiger partial charge in [0.25, 0.3) is 5.91 Å². The molecule has 1 rings (SSSR count). The fourth-order valence-electron chi connectivity index (χ4n) is 0.858. The molecule has 15 heavy (non-hydrogen) atoms. The second-order valence-corrected chi connectivity index (χ2v) is 2.72. The van der Waals surface area contributed by atoms with Gasteiger partial charge in [-0.05, 0) is 13.0 Å². The Morgan fingerprint density at radius 2 is 2.60 bits per heavy atom. The largest absolute Gasteiger partial charge is 0.372 e. The van der Waals surface area contributed by atoms with Crippen LogP contribution in [0.3, 0.4) is 0 Å². The van der Waals surface area contributed by atoms with Gasteiger partial charge in [-0.15, -0.1) is 0 Å². The highest BCUT2D eigenvalue weighted by atomic mass is 16.5. The van der Waals surface area contributed by atoms with Crippen molar-refractivity contribution in [2.75, 3.05) is 13.2 Å². The predicted octanol–water partition coefficient (Wildman–Crippen LogP) is 0.568. The van der Waals surface area contributed by atoms with Crippen LogP contribution in [0.4, 0.5) is 0 Å². The number of hydrogen-bond acceptors (Lipinski definition) is 4. The summed E-state index contributed by atoms with van der Waals surface area (Å²) < 4.78 is 4.90. The lowest BCUT2D eigenvalue weighted by Crippen LogP contribution is -2.22. The molecule has 0 radical (unpaired) electrons. The van der Waals surface area contributed by atoms with Gasteiger partial charge in [-0.2, -0.15) is 5.10 Å². The zero-order chi connectivity index (χ0) is 10.9. The van der Waals surface area contributed by atoms with Crippen molar-refractivity contribution in [3.05, 3.63) is 30.1 Å². The number of hydrazone groups is 1. The third-order valence-corrected chi connectivity index (χ3v) is 1.52. The smallest absolute Gasteiger partial charge is 0.266 e. The molecule has 0 unspecified atom stereocenters. The van der Waals surface area contributed by atoms with Crippen LogP contribution in [0.15, 0.2) is 29.6 Å². The highest BCUT2D eigenvalue weighted by Crippen LogP contribution is 1.89. The fraction of sp³-hybridized carbons (Fsp3) is 0.300. The van der Waals surface area contributed by atoms with Crippen molar-refractivity contribution in [1.29, 1.82) is 0 Å². The Bertz CT molecular complexity index is 325. The van der Waals surface area contributed by atoms with Crippen LogP contribution in [0.2, 0.25) is 0 Å². The summed E-state index contributed by atoms with van der Waals surface area (Å²) in [5.41, 5.74) is 3.17. The van der Waals surface area contributed by atoms with Crippen molar-refractivity contribution < 1.29 is 9.53 Å². The van der Waals surface area contributed by atoms with Crippen molar-refractivity contribution in [3.63, 3.8) is 0 Å². The van der Waals surface area contributed by atoms with Crippen LogP contribution in [0.25, 0.3) is 0 Å². The molecule has 5 heteroatoms. The van der Waals surface area contributed by atoms with Gasteiger partial charge in [-0.1, -0.05) is 6.07 Å². The van der Waals surface area contributed by atoms with Crippen LogP contribution >= 0.6 is 0 Å². The van der Waals surface area contributed by atoms with E-state index < -0.39 is 0 Å². The van der Waals surface area contributed by atoms with E-state index in [9.17, 15) is 4.79 Å². The second-order valence-electron chi connectivity index (χ2n) is 2.72. The molecule has 5 nitrogen and oxygen atoms in total. The number of pyridine rings is 1. The van der Waals surface area contributed by atoms with Crippen molar-refractivity contribution in [1.82, 2.24) is 10.4 Å². The molecule has 0 bridgehead atoms. The SMILES string of the molecule is CCOCC(=O)N/N=C/c1cccnc1. The lowest BCUT2D eigenvalue weighted by atomic mass is 10.3. The first-order valence-corrected chi connectivity index (χ1v) is 4.62. The maximum atomic E-state index is 11.0. The molecule has 0 spiro atoms. The molecule has 0 atom stereocenters. The summed E-state index contributed by atoms with van der Waals surface area (Å²) in [7, 11) is 0. The summed E-state index contributed by atoms with van der Waals surface area (Å²) in [6, 6.07) is 3.63. The molecule has 1 aromatic rings. The summed E-state index contributed by atoms with van der Waals surface area (Å²) in [4.78, 5) is 14.9. The van der Waals surface area contributed by atoms with Crippen molar-refractivity contribution in [2.45, 2.75) is 6.92 Å². The molecular formula is C10H13N3O2. The van der Waals surface area contributed by atoms with Crippen LogP contribution < -0.4 is 5.43 Å². The van der Waals surface area contributed by atoms with E-state index >= 15 is 0 Å². The van der Waals surface area contributed by atoms with E-state index in [0.29, 0.717) is 6.61 Å². The third kappa shape index (κ3) is 4.87. The highest BCUT2D eigenvalue weighted by Gasteiger charge is 1.96. The quantitative estimate of drug-likeness (QED) is 0.567. The normalized spacial score (nSPS) is 10.5. The molecule has 1 aromatic heterocycles. The predicted molar refractivity (Wildman–Crippen MR) is 56.5 cm³/mol. The molecule has 0 saturated carbocycles. The first-order chi connectivity index (χ1) is 7.33. The van der Waals surface area contributed by atoms with E-state index in [2.05, 4.69) is 15.5 Å². The van der Waals surface area contributed by atoms with Crippen LogP contribution in [0.1, 0.15) is 12.5 Å². The fourth-order valence-corrected chi connectivity index (χ4v) is 0.858. The van der Waals surface area contributed by atoms with Crippen LogP contribution in [0.5, 0.6) is 0 Å². The minimum atomic E-state index is -0.267. The first-order valence-electron chi connectivity index (χ1n) is 4.62. The van der Waals surface area contributed by atoms with E-state index in [1.165, 1.54) is 6.21 Å². The molecule has 1 N–H and O–H groups in total. The average molecular weight is 207 g/mol. The minimum Gasteiger partial charge on any atom is -0.372 e. The van der Waals surface area contributed by atoms with E-state index in [1.54, 1.807) is 18.5 Å². The molecular weight excluding hydrogens is 194 g/mol. The van der Waals surface area contributed by atoms with Gasteiger partial charge in [0.05, 0.1) is 6.21 Å². The Balaban J connectivity index is 2.31. The van der Waals surface area contributed by atoms with Crippen molar-refractivity contribution >= 4 is 12.1 Å². The van der Waals surface area contributed by atoms with E-state index in [0.717, 1.165) is 5.56 Å². The van der Waals surface area contributed by atoms with Gasteiger partial charge in [0.15, 0.2) is 0 Å². The highest BCUT2D eigenvalue weighted by molar-refractivity contribution is 5.82. The summed E-state index contributed by atoms with van der Waals surface area (Å²) in [6.07, 6.45) is 4.85. The molecule has 0 aliphatic rings. The monoisotopic (exact) mass is 207 g/mol. The number of amides is 1. The Hall–Kier alpha value is -1.75. The Labute approximate surface area is 88.2 Å². The van der Waals surface area contributed by atoms with E-state index in [1.807, 2.05) is 13.0 Å². The van der Waals surface area contributed by atoms with Gasteiger partial charge in [0, 0.05) is 24.6 Å². The molecule has 1 amide bonds. The molecule has 80 valence electrons. The first kappa shape index (κ1) is 11.3. The van der Waals surface area contributed by atoms with Gasteiger partial charge in [-0.25, -0.2) is 5.43 Å². The standard InChI is InChI=1S/C10H13N3O2/c1-2-15-8-10(14)13-12-7-9-4-3-5-11-6-9/h3-7H,2,8H2,1H3,(H,13,14)/b12-7+. The van der Waals surface area contributed by atoms with Crippen molar-refractivity contribution in [3.8, 4) is 0 Å². The maximum absolute atomic E-state index is 11.0. The summed E-state index contributed by atoms with van der Waals surface area (Å²) in [5.74, 6) is -0.267. The van der Waals surface area contributed by atoms with E-state index in [4.69, 9.17) is 4.74 Å². The molecule has 0 aliphatic carbocycles. The summed E-state index contributed by atoms with van der Waals surface area (Å²) in [5, 5.41) is 3.75. The van der Waals surface area contributed by atoms with Crippen LogP contribution in [-0.2, 0) is 9.53 Å². The molecule has 1 heterocycles. The molecule has 0 aliphatic heterocycles. The molecule has 0 aromatic carbocycles. The summed E-state index contributed by atoms with van der Waals surface area (Å²) >= 11 is 0. The number of nitrogens with zero attached hydrogens (tertiary/aromatic N) is 2. The number of aromatic nitrogens is 1. The third-order valence-electron chi connectivity index (χ3n) is 1.52. The average Bonchev–Trinajstić information content (AvgIpc) is 2.28. The summed E-state index contributed by atoms with van der Waals surface area (Å²) in [6.45, 7) is 2.37. The van der Waals surface area contributed by atoms with Gasteiger partial charge >= 0.3 is 0 Å². The number of carbonyl (C=O) groups is 1. The van der Waals surface area contributed by atoms with Gasteiger partial charge in [-0.3, -0.25) is 9.78 Å². The van der Waals surface area contributed by atoms with Crippen LogP contribution in [0, 0.1) is 0 Å². The maximum Gasteiger partial charge on any atom is 0.266 e. The van der Waals surface area contributed by atoms with Gasteiger partial charge in [0.2, 0.25) is 0 Å². The minimum absolute atomic E-state index is 0.0287. The lowest BCUT2D eigenvalue weighted by molar-refractivity contribution is -0.125.